The fourth-order valence-corrected chi connectivity index (χ4v) is 2.61. The van der Waals surface area contributed by atoms with Gasteiger partial charge in [-0.05, 0) is 25.8 Å². The number of carbonyl (C=O) groups is 1. The summed E-state index contributed by atoms with van der Waals surface area (Å²) in [5, 5.41) is 12.0. The van der Waals surface area contributed by atoms with Gasteiger partial charge < -0.3 is 5.32 Å². The number of halogens is 1. The highest BCUT2D eigenvalue weighted by molar-refractivity contribution is 5.86. The minimum absolute atomic E-state index is 0.275. The smallest absolute Gasteiger partial charge is 0.240 e. The quantitative estimate of drug-likeness (QED) is 0.908. The molecular weight excluding hydrogens is 243 g/mol. The first kappa shape index (κ1) is 13.5. The molecule has 1 aromatic rings. The molecule has 0 saturated heterocycles. The molecule has 0 aliphatic heterocycles. The minimum Gasteiger partial charge on any atom is -0.348 e. The summed E-state index contributed by atoms with van der Waals surface area (Å²) in [6.45, 7) is 1.73. The van der Waals surface area contributed by atoms with E-state index in [4.69, 9.17) is 0 Å². The van der Waals surface area contributed by atoms with Gasteiger partial charge in [0.15, 0.2) is 0 Å². The lowest BCUT2D eigenvalue weighted by Gasteiger charge is -2.23. The summed E-state index contributed by atoms with van der Waals surface area (Å²) in [6, 6.07) is 8.07. The summed E-state index contributed by atoms with van der Waals surface area (Å²) in [7, 11) is 0. The molecule has 1 fully saturated rings. The Morgan fingerprint density at radius 1 is 1.42 bits per heavy atom. The van der Waals surface area contributed by atoms with Gasteiger partial charge in [-0.15, -0.1) is 0 Å². The van der Waals surface area contributed by atoms with Gasteiger partial charge in [0.2, 0.25) is 5.91 Å². The monoisotopic (exact) mass is 260 g/mol. The van der Waals surface area contributed by atoms with Crippen LogP contribution in [0.25, 0.3) is 0 Å². The fourth-order valence-electron chi connectivity index (χ4n) is 2.61. The summed E-state index contributed by atoms with van der Waals surface area (Å²) in [4.78, 5) is 12.2. The van der Waals surface area contributed by atoms with Crippen LogP contribution in [0.3, 0.4) is 0 Å². The maximum absolute atomic E-state index is 13.6. The van der Waals surface area contributed by atoms with Gasteiger partial charge in [-0.1, -0.05) is 31.0 Å². The van der Waals surface area contributed by atoms with E-state index in [9.17, 15) is 14.4 Å². The number of nitrogens with one attached hydrogen (secondary N) is 1. The summed E-state index contributed by atoms with van der Waals surface area (Å²) in [5.74, 6) is -0.615. The number of hydrogen-bond donors (Lipinski definition) is 1. The average Bonchev–Trinajstić information content (AvgIpc) is 2.89. The summed E-state index contributed by atoms with van der Waals surface area (Å²) >= 11 is 0. The van der Waals surface area contributed by atoms with Crippen LogP contribution in [0.4, 0.5) is 4.39 Å². The summed E-state index contributed by atoms with van der Waals surface area (Å²) in [6.07, 6.45) is 2.99. The molecule has 0 radical (unpaired) electrons. The zero-order valence-electron chi connectivity index (χ0n) is 10.9. The van der Waals surface area contributed by atoms with E-state index in [0.717, 1.165) is 12.8 Å². The summed E-state index contributed by atoms with van der Waals surface area (Å²) in [5.41, 5.74) is -0.471. The van der Waals surface area contributed by atoms with Crippen LogP contribution in [-0.4, -0.2) is 5.91 Å². The Kier molecular flexibility index (Phi) is 3.84. The van der Waals surface area contributed by atoms with E-state index in [2.05, 4.69) is 11.4 Å². The van der Waals surface area contributed by atoms with Crippen LogP contribution >= 0.6 is 0 Å². The first-order valence-electron chi connectivity index (χ1n) is 6.56. The molecule has 0 spiro atoms. The maximum atomic E-state index is 13.6. The molecule has 1 amide bonds. The Balaban J connectivity index is 2.11. The molecule has 0 bridgehead atoms. The molecule has 1 N–H and O–H groups in total. The zero-order valence-corrected chi connectivity index (χ0v) is 10.9. The third kappa shape index (κ3) is 2.60. The molecule has 1 aromatic carbocycles. The predicted molar refractivity (Wildman–Crippen MR) is 69.5 cm³/mol. The lowest BCUT2D eigenvalue weighted by atomic mass is 9.86. The van der Waals surface area contributed by atoms with Crippen molar-refractivity contribution in [3.05, 3.63) is 35.6 Å². The molecule has 1 atom stereocenters. The first-order valence-corrected chi connectivity index (χ1v) is 6.56. The van der Waals surface area contributed by atoms with Crippen LogP contribution in [0.15, 0.2) is 24.3 Å². The number of carbonyl (C=O) groups excluding carboxylic acids is 1. The van der Waals surface area contributed by atoms with Crippen molar-refractivity contribution in [2.75, 3.05) is 0 Å². The van der Waals surface area contributed by atoms with E-state index < -0.39 is 11.5 Å². The molecule has 1 unspecified atom stereocenters. The third-order valence-electron chi connectivity index (χ3n) is 3.83. The van der Waals surface area contributed by atoms with Crippen molar-refractivity contribution >= 4 is 5.91 Å². The van der Waals surface area contributed by atoms with E-state index >= 15 is 0 Å². The topological polar surface area (TPSA) is 52.9 Å². The molecule has 100 valence electrons. The van der Waals surface area contributed by atoms with E-state index in [1.54, 1.807) is 25.1 Å². The lowest BCUT2D eigenvalue weighted by molar-refractivity contribution is -0.128. The lowest BCUT2D eigenvalue weighted by Crippen LogP contribution is -2.39. The Morgan fingerprint density at radius 3 is 2.63 bits per heavy atom. The number of nitrogens with zero attached hydrogens (tertiary/aromatic N) is 1. The van der Waals surface area contributed by atoms with Crippen molar-refractivity contribution in [3.8, 4) is 6.07 Å². The number of hydrogen-bond acceptors (Lipinski definition) is 2. The standard InChI is InChI=1S/C15H17FN2O/c1-11(12-6-2-3-7-13(12)16)18-14(19)15(10-17)8-4-5-9-15/h2-3,6-7,11H,4-5,8-9H2,1H3,(H,18,19). The van der Waals surface area contributed by atoms with Gasteiger partial charge in [0.05, 0.1) is 12.1 Å². The second kappa shape index (κ2) is 5.40. The fraction of sp³-hybridized carbons (Fsp3) is 0.467. The van der Waals surface area contributed by atoms with Gasteiger partial charge in [0.25, 0.3) is 0 Å². The van der Waals surface area contributed by atoms with Crippen LogP contribution in [0.5, 0.6) is 0 Å². The van der Waals surface area contributed by atoms with Crippen molar-refractivity contribution < 1.29 is 9.18 Å². The van der Waals surface area contributed by atoms with E-state index in [1.807, 2.05) is 0 Å². The molecule has 3 nitrogen and oxygen atoms in total. The van der Waals surface area contributed by atoms with Gasteiger partial charge in [-0.3, -0.25) is 4.79 Å². The van der Waals surface area contributed by atoms with Crippen LogP contribution in [0.1, 0.15) is 44.2 Å². The first-order chi connectivity index (χ1) is 9.09. The second-order valence-electron chi connectivity index (χ2n) is 5.12. The van der Waals surface area contributed by atoms with Gasteiger partial charge in [0, 0.05) is 5.56 Å². The number of amides is 1. The highest BCUT2D eigenvalue weighted by atomic mass is 19.1. The Hall–Kier alpha value is -1.89. The van der Waals surface area contributed by atoms with Gasteiger partial charge >= 0.3 is 0 Å². The van der Waals surface area contributed by atoms with E-state index in [-0.39, 0.29) is 11.7 Å². The number of benzene rings is 1. The average molecular weight is 260 g/mol. The van der Waals surface area contributed by atoms with Crippen LogP contribution in [0, 0.1) is 22.6 Å². The molecular formula is C15H17FN2O. The van der Waals surface area contributed by atoms with Gasteiger partial charge in [0.1, 0.15) is 11.2 Å². The van der Waals surface area contributed by atoms with Gasteiger partial charge in [-0.2, -0.15) is 5.26 Å². The van der Waals surface area contributed by atoms with Crippen molar-refractivity contribution in [2.24, 2.45) is 5.41 Å². The molecule has 2 rings (SSSR count). The number of nitriles is 1. The van der Waals surface area contributed by atoms with E-state index in [0.29, 0.717) is 18.4 Å². The Morgan fingerprint density at radius 2 is 2.05 bits per heavy atom. The predicted octanol–water partition coefficient (Wildman–Crippen LogP) is 3.09. The molecule has 1 aliphatic rings. The van der Waals surface area contributed by atoms with Crippen LogP contribution < -0.4 is 5.32 Å². The minimum atomic E-state index is -0.917. The molecule has 1 saturated carbocycles. The van der Waals surface area contributed by atoms with Crippen molar-refractivity contribution in [1.29, 1.82) is 5.26 Å². The van der Waals surface area contributed by atoms with Crippen molar-refractivity contribution in [2.45, 2.75) is 38.6 Å². The van der Waals surface area contributed by atoms with Crippen molar-refractivity contribution in [3.63, 3.8) is 0 Å². The molecule has 4 heteroatoms. The van der Waals surface area contributed by atoms with Crippen LogP contribution in [-0.2, 0) is 4.79 Å². The van der Waals surface area contributed by atoms with Crippen LogP contribution in [0.2, 0.25) is 0 Å². The molecule has 19 heavy (non-hydrogen) atoms. The zero-order chi connectivity index (χ0) is 13.9. The molecule has 0 aromatic heterocycles. The third-order valence-corrected chi connectivity index (χ3v) is 3.83. The highest BCUT2D eigenvalue weighted by Crippen LogP contribution is 2.38. The van der Waals surface area contributed by atoms with Crippen molar-refractivity contribution in [1.82, 2.24) is 5.32 Å². The Bertz CT molecular complexity index is 515. The summed E-state index contributed by atoms with van der Waals surface area (Å²) < 4.78 is 13.6. The SMILES string of the molecule is CC(NC(=O)C1(C#N)CCCC1)c1ccccc1F. The number of rotatable bonds is 3. The Labute approximate surface area is 112 Å². The molecule has 0 heterocycles. The second-order valence-corrected chi connectivity index (χ2v) is 5.12. The van der Waals surface area contributed by atoms with Gasteiger partial charge in [-0.25, -0.2) is 4.39 Å². The normalized spacial score (nSPS) is 18.6. The highest BCUT2D eigenvalue weighted by Gasteiger charge is 2.41. The molecule has 1 aliphatic carbocycles. The van der Waals surface area contributed by atoms with E-state index in [1.165, 1.54) is 6.07 Å². The largest absolute Gasteiger partial charge is 0.348 e. The maximum Gasteiger partial charge on any atom is 0.240 e.